The van der Waals surface area contributed by atoms with Crippen LogP contribution in [0.1, 0.15) is 380 Å². The van der Waals surface area contributed by atoms with Crippen molar-refractivity contribution in [1.82, 2.24) is 5.32 Å². The molecule has 2 atom stereocenters. The van der Waals surface area contributed by atoms with Gasteiger partial charge in [0, 0.05) is 12.8 Å². The van der Waals surface area contributed by atoms with E-state index in [-0.39, 0.29) is 18.5 Å². The van der Waals surface area contributed by atoms with Gasteiger partial charge in [-0.25, -0.2) is 0 Å². The van der Waals surface area contributed by atoms with Crippen molar-refractivity contribution in [3.8, 4) is 0 Å². The van der Waals surface area contributed by atoms with Crippen molar-refractivity contribution >= 4 is 11.9 Å². The molecule has 0 saturated heterocycles. The Morgan fingerprint density at radius 1 is 0.360 bits per heavy atom. The maximum atomic E-state index is 12.5. The Labute approximate surface area is 469 Å². The zero-order chi connectivity index (χ0) is 54.3. The Morgan fingerprint density at radius 2 is 0.627 bits per heavy atom. The molecule has 0 spiro atoms. The molecule has 444 valence electrons. The molecular formula is C69H133NO5. The van der Waals surface area contributed by atoms with Crippen LogP contribution in [0.15, 0.2) is 24.3 Å². The Morgan fingerprint density at radius 3 is 0.947 bits per heavy atom. The second-order valence-corrected chi connectivity index (χ2v) is 23.5. The SMILES string of the molecule is CCCCCCCCC/C=C\CCCCCCCC(=O)OCCCCCCCCCCCCCCCCCCCCCCCCCCC(=O)NC(CO)C(O)/C=C/CCCCCCCCCCCCCCCCCC. The number of unbranched alkanes of at least 4 members (excludes halogenated alkanes) is 51. The normalized spacial score (nSPS) is 12.6. The number of carbonyl (C=O) groups is 2. The topological polar surface area (TPSA) is 95.9 Å². The Balaban J connectivity index is 3.38. The zero-order valence-electron chi connectivity index (χ0n) is 50.8. The zero-order valence-corrected chi connectivity index (χ0v) is 50.8. The maximum Gasteiger partial charge on any atom is 0.305 e. The van der Waals surface area contributed by atoms with Crippen LogP contribution in [0.5, 0.6) is 0 Å². The minimum Gasteiger partial charge on any atom is -0.466 e. The van der Waals surface area contributed by atoms with Crippen LogP contribution in [0.4, 0.5) is 0 Å². The standard InChI is InChI=1S/C69H133NO5/c1-3-5-7-9-11-13-15-17-19-21-30-33-37-41-45-49-53-57-61-67(72)66(65-71)70-68(73)62-58-54-50-46-42-38-34-31-28-26-24-22-23-25-27-29-32-36-40-44-48-52-56-60-64-75-69(74)63-59-55-51-47-43-39-35-20-18-16-14-12-10-8-6-4-2/h20,35,57,61,66-67,71-72H,3-19,21-34,36-56,58-60,62-65H2,1-2H3,(H,70,73)/b35-20-,61-57+. The van der Waals surface area contributed by atoms with E-state index in [0.29, 0.717) is 19.4 Å². The molecule has 0 bridgehead atoms. The summed E-state index contributed by atoms with van der Waals surface area (Å²) in [7, 11) is 0. The molecule has 75 heavy (non-hydrogen) atoms. The summed E-state index contributed by atoms with van der Waals surface area (Å²) >= 11 is 0. The summed E-state index contributed by atoms with van der Waals surface area (Å²) in [6, 6.07) is -0.627. The van der Waals surface area contributed by atoms with E-state index in [1.165, 1.54) is 308 Å². The lowest BCUT2D eigenvalue weighted by molar-refractivity contribution is -0.143. The molecule has 6 heteroatoms. The Bertz CT molecular complexity index is 1170. The Hall–Kier alpha value is -1.66. The van der Waals surface area contributed by atoms with Gasteiger partial charge in [0.15, 0.2) is 0 Å². The number of amides is 1. The van der Waals surface area contributed by atoms with Gasteiger partial charge in [-0.3, -0.25) is 9.59 Å². The first-order chi connectivity index (χ1) is 37.0. The predicted molar refractivity (Wildman–Crippen MR) is 329 cm³/mol. The number of hydrogen-bond donors (Lipinski definition) is 3. The van der Waals surface area contributed by atoms with Crippen molar-refractivity contribution in [2.75, 3.05) is 13.2 Å². The van der Waals surface area contributed by atoms with Crippen LogP contribution in [0, 0.1) is 0 Å². The van der Waals surface area contributed by atoms with Crippen molar-refractivity contribution in [2.45, 2.75) is 392 Å². The summed E-state index contributed by atoms with van der Waals surface area (Å²) in [4.78, 5) is 24.6. The average Bonchev–Trinajstić information content (AvgIpc) is 3.41. The lowest BCUT2D eigenvalue weighted by atomic mass is 10.0. The van der Waals surface area contributed by atoms with Gasteiger partial charge in [-0.2, -0.15) is 0 Å². The molecular weight excluding hydrogens is 923 g/mol. The van der Waals surface area contributed by atoms with Crippen LogP contribution in [0.2, 0.25) is 0 Å². The molecule has 1 amide bonds. The van der Waals surface area contributed by atoms with Gasteiger partial charge in [0.2, 0.25) is 5.91 Å². The van der Waals surface area contributed by atoms with Gasteiger partial charge >= 0.3 is 5.97 Å². The summed E-state index contributed by atoms with van der Waals surface area (Å²) in [5.41, 5.74) is 0. The fourth-order valence-corrected chi connectivity index (χ4v) is 10.7. The summed E-state index contributed by atoms with van der Waals surface area (Å²) in [5, 5.41) is 23.2. The van der Waals surface area contributed by atoms with Crippen LogP contribution < -0.4 is 5.32 Å². The molecule has 0 aliphatic rings. The molecule has 0 aromatic carbocycles. The highest BCUT2D eigenvalue weighted by molar-refractivity contribution is 5.76. The Kier molecular flexibility index (Phi) is 63.4. The summed E-state index contributed by atoms with van der Waals surface area (Å²) in [5.74, 6) is -0.0554. The summed E-state index contributed by atoms with van der Waals surface area (Å²) < 4.78 is 5.49. The van der Waals surface area contributed by atoms with Crippen molar-refractivity contribution in [3.63, 3.8) is 0 Å². The molecule has 0 aromatic heterocycles. The number of allylic oxidation sites excluding steroid dienone is 3. The molecule has 0 rings (SSSR count). The fourth-order valence-electron chi connectivity index (χ4n) is 10.7. The van der Waals surface area contributed by atoms with E-state index in [1.807, 2.05) is 6.08 Å². The number of rotatable bonds is 64. The lowest BCUT2D eigenvalue weighted by Crippen LogP contribution is -2.45. The molecule has 0 radical (unpaired) electrons. The molecule has 2 unspecified atom stereocenters. The number of aliphatic hydroxyl groups excluding tert-OH is 2. The third kappa shape index (κ3) is 61.4. The number of ether oxygens (including phenoxy) is 1. The first-order valence-electron chi connectivity index (χ1n) is 34.1. The van der Waals surface area contributed by atoms with Gasteiger partial charge in [-0.05, 0) is 57.8 Å². The highest BCUT2D eigenvalue weighted by atomic mass is 16.5. The highest BCUT2D eigenvalue weighted by Gasteiger charge is 2.18. The minimum absolute atomic E-state index is 0.00826. The number of esters is 1. The number of hydrogen-bond acceptors (Lipinski definition) is 5. The van der Waals surface area contributed by atoms with E-state index in [1.54, 1.807) is 6.08 Å². The van der Waals surface area contributed by atoms with Crippen molar-refractivity contribution in [1.29, 1.82) is 0 Å². The van der Waals surface area contributed by atoms with Crippen molar-refractivity contribution in [3.05, 3.63) is 24.3 Å². The van der Waals surface area contributed by atoms with Gasteiger partial charge in [-0.15, -0.1) is 0 Å². The van der Waals surface area contributed by atoms with E-state index >= 15 is 0 Å². The molecule has 0 fully saturated rings. The smallest absolute Gasteiger partial charge is 0.305 e. The number of nitrogens with one attached hydrogen (secondary N) is 1. The first kappa shape index (κ1) is 73.3. The van der Waals surface area contributed by atoms with Crippen molar-refractivity contribution < 1.29 is 24.5 Å². The number of carbonyl (C=O) groups excluding carboxylic acids is 2. The molecule has 3 N–H and O–H groups in total. The molecule has 6 nitrogen and oxygen atoms in total. The van der Waals surface area contributed by atoms with Gasteiger partial charge in [-0.1, -0.05) is 334 Å². The number of aliphatic hydroxyl groups is 2. The van der Waals surface area contributed by atoms with E-state index in [4.69, 9.17) is 4.74 Å². The minimum atomic E-state index is -0.844. The molecule has 0 saturated carbocycles. The highest BCUT2D eigenvalue weighted by Crippen LogP contribution is 2.18. The van der Waals surface area contributed by atoms with Crippen LogP contribution >= 0.6 is 0 Å². The van der Waals surface area contributed by atoms with E-state index in [9.17, 15) is 19.8 Å². The van der Waals surface area contributed by atoms with Crippen LogP contribution in [0.3, 0.4) is 0 Å². The van der Waals surface area contributed by atoms with E-state index < -0.39 is 12.1 Å². The van der Waals surface area contributed by atoms with Crippen LogP contribution in [0.25, 0.3) is 0 Å². The van der Waals surface area contributed by atoms with E-state index in [0.717, 1.165) is 44.9 Å². The van der Waals surface area contributed by atoms with Gasteiger partial charge in [0.05, 0.1) is 25.4 Å². The van der Waals surface area contributed by atoms with Gasteiger partial charge in [0.25, 0.3) is 0 Å². The second-order valence-electron chi connectivity index (χ2n) is 23.5. The van der Waals surface area contributed by atoms with Gasteiger partial charge in [0.1, 0.15) is 0 Å². The molecule has 0 aliphatic heterocycles. The second kappa shape index (κ2) is 64.9. The fraction of sp³-hybridized carbons (Fsp3) is 0.913. The largest absolute Gasteiger partial charge is 0.466 e. The third-order valence-electron chi connectivity index (χ3n) is 16.0. The molecule has 0 heterocycles. The van der Waals surface area contributed by atoms with E-state index in [2.05, 4.69) is 31.3 Å². The maximum absolute atomic E-state index is 12.5. The predicted octanol–water partition coefficient (Wildman–Crippen LogP) is 21.8. The molecule has 0 aliphatic carbocycles. The average molecular weight is 1060 g/mol. The third-order valence-corrected chi connectivity index (χ3v) is 16.0. The van der Waals surface area contributed by atoms with Crippen molar-refractivity contribution in [2.24, 2.45) is 0 Å². The quantitative estimate of drug-likeness (QED) is 0.0320. The lowest BCUT2D eigenvalue weighted by Gasteiger charge is -2.20. The summed E-state index contributed by atoms with van der Waals surface area (Å²) in [6.45, 7) is 4.93. The first-order valence-corrected chi connectivity index (χ1v) is 34.1. The molecule has 0 aromatic rings. The monoisotopic (exact) mass is 1060 g/mol. The summed E-state index contributed by atoms with van der Waals surface area (Å²) in [6.07, 6.45) is 81.0. The van der Waals surface area contributed by atoms with Gasteiger partial charge < -0.3 is 20.3 Å². The van der Waals surface area contributed by atoms with Crippen LogP contribution in [-0.4, -0.2) is 47.4 Å². The van der Waals surface area contributed by atoms with Crippen LogP contribution in [-0.2, 0) is 14.3 Å².